The Morgan fingerprint density at radius 1 is 1.04 bits per heavy atom. The second-order valence-corrected chi connectivity index (χ2v) is 5.43. The summed E-state index contributed by atoms with van der Waals surface area (Å²) in [6, 6.07) is 15.9. The van der Waals surface area contributed by atoms with Gasteiger partial charge in [0.1, 0.15) is 11.8 Å². The average molecular weight is 341 g/mol. The number of benzene rings is 2. The maximum atomic E-state index is 12.4. The van der Waals surface area contributed by atoms with Crippen LogP contribution in [0, 0.1) is 0 Å². The molecule has 0 radical (unpaired) electrons. The molecule has 0 saturated carbocycles. The molecule has 6 heteroatoms. The highest BCUT2D eigenvalue weighted by atomic mass is 16.5. The SMILES string of the molecule is CNC(=O)NC(=O)C(NCCc1ccccc1OC)c1ccccc1. The molecule has 0 aliphatic carbocycles. The standard InChI is InChI=1S/C19H23N3O3/c1-20-19(24)22-18(23)17(15-9-4-3-5-10-15)21-13-12-14-8-6-7-11-16(14)25-2/h3-11,17,21H,12-13H2,1-2H3,(H2,20,22,23,24). The van der Waals surface area contributed by atoms with E-state index in [2.05, 4.69) is 16.0 Å². The van der Waals surface area contributed by atoms with E-state index in [1.165, 1.54) is 7.05 Å². The van der Waals surface area contributed by atoms with Crippen LogP contribution >= 0.6 is 0 Å². The number of nitrogens with one attached hydrogen (secondary N) is 3. The van der Waals surface area contributed by atoms with E-state index in [1.54, 1.807) is 7.11 Å². The first-order valence-corrected chi connectivity index (χ1v) is 8.08. The number of imide groups is 1. The van der Waals surface area contributed by atoms with Gasteiger partial charge in [-0.05, 0) is 23.6 Å². The Morgan fingerprint density at radius 2 is 1.72 bits per heavy atom. The minimum atomic E-state index is -0.617. The summed E-state index contributed by atoms with van der Waals surface area (Å²) in [7, 11) is 3.10. The molecule has 1 unspecified atom stereocenters. The number of carbonyl (C=O) groups is 2. The molecular formula is C19H23N3O3. The number of carbonyl (C=O) groups excluding carboxylic acids is 2. The lowest BCUT2D eigenvalue weighted by Crippen LogP contribution is -2.44. The molecule has 0 aliphatic heterocycles. The minimum absolute atomic E-state index is 0.398. The maximum Gasteiger partial charge on any atom is 0.321 e. The molecule has 3 amide bonds. The van der Waals surface area contributed by atoms with Crippen molar-refractivity contribution in [1.29, 1.82) is 0 Å². The predicted octanol–water partition coefficient (Wildman–Crippen LogP) is 2.02. The molecule has 0 saturated heterocycles. The van der Waals surface area contributed by atoms with Gasteiger partial charge in [0.25, 0.3) is 0 Å². The van der Waals surface area contributed by atoms with E-state index in [0.717, 1.165) is 16.9 Å². The number of hydrogen-bond donors (Lipinski definition) is 3. The quantitative estimate of drug-likeness (QED) is 0.720. The Labute approximate surface area is 147 Å². The van der Waals surface area contributed by atoms with Crippen molar-refractivity contribution in [1.82, 2.24) is 16.0 Å². The van der Waals surface area contributed by atoms with Crippen LogP contribution in [0.25, 0.3) is 0 Å². The summed E-state index contributed by atoms with van der Waals surface area (Å²) in [6.45, 7) is 0.557. The Bertz CT molecular complexity index is 704. The molecule has 25 heavy (non-hydrogen) atoms. The van der Waals surface area contributed by atoms with Gasteiger partial charge in [-0.2, -0.15) is 0 Å². The zero-order valence-electron chi connectivity index (χ0n) is 14.4. The van der Waals surface area contributed by atoms with Gasteiger partial charge in [-0.3, -0.25) is 10.1 Å². The lowest BCUT2D eigenvalue weighted by Gasteiger charge is -2.18. The fourth-order valence-corrected chi connectivity index (χ4v) is 2.51. The molecule has 0 bridgehead atoms. The summed E-state index contributed by atoms with van der Waals surface area (Å²) < 4.78 is 5.34. The van der Waals surface area contributed by atoms with E-state index >= 15 is 0 Å². The lowest BCUT2D eigenvalue weighted by molar-refractivity contribution is -0.122. The molecule has 0 heterocycles. The number of rotatable bonds is 7. The Kier molecular flexibility index (Phi) is 6.98. The smallest absolute Gasteiger partial charge is 0.321 e. The van der Waals surface area contributed by atoms with Gasteiger partial charge < -0.3 is 15.4 Å². The number of amides is 3. The Morgan fingerprint density at radius 3 is 2.40 bits per heavy atom. The normalized spacial score (nSPS) is 11.4. The van der Waals surface area contributed by atoms with E-state index in [0.29, 0.717) is 13.0 Å². The fraction of sp³-hybridized carbons (Fsp3) is 0.263. The van der Waals surface area contributed by atoms with Crippen molar-refractivity contribution >= 4 is 11.9 Å². The first kappa shape index (κ1) is 18.5. The van der Waals surface area contributed by atoms with Crippen molar-refractivity contribution in [2.45, 2.75) is 12.5 Å². The number of para-hydroxylation sites is 1. The van der Waals surface area contributed by atoms with Gasteiger partial charge >= 0.3 is 6.03 Å². The minimum Gasteiger partial charge on any atom is -0.496 e. The summed E-state index contributed by atoms with van der Waals surface area (Å²) in [5.74, 6) is 0.418. The molecule has 0 spiro atoms. The molecule has 2 aromatic carbocycles. The van der Waals surface area contributed by atoms with Crippen LogP contribution in [0.2, 0.25) is 0 Å². The van der Waals surface area contributed by atoms with E-state index in [4.69, 9.17) is 4.74 Å². The Hall–Kier alpha value is -2.86. The zero-order chi connectivity index (χ0) is 18.1. The summed E-state index contributed by atoms with van der Waals surface area (Å²) in [5, 5.41) is 7.92. The third-order valence-corrected chi connectivity index (χ3v) is 3.79. The van der Waals surface area contributed by atoms with Crippen LogP contribution in [-0.2, 0) is 11.2 Å². The first-order valence-electron chi connectivity index (χ1n) is 8.08. The molecule has 0 aliphatic rings. The number of hydrogen-bond acceptors (Lipinski definition) is 4. The van der Waals surface area contributed by atoms with Crippen molar-refractivity contribution in [2.75, 3.05) is 20.7 Å². The second kappa shape index (κ2) is 9.44. The van der Waals surface area contributed by atoms with Gasteiger partial charge in [0.15, 0.2) is 0 Å². The third-order valence-electron chi connectivity index (χ3n) is 3.79. The highest BCUT2D eigenvalue weighted by Crippen LogP contribution is 2.18. The van der Waals surface area contributed by atoms with Crippen LogP contribution in [-0.4, -0.2) is 32.6 Å². The van der Waals surface area contributed by atoms with Crippen molar-refractivity contribution in [3.8, 4) is 5.75 Å². The number of ether oxygens (including phenoxy) is 1. The number of methoxy groups -OCH3 is 1. The molecule has 0 fully saturated rings. The average Bonchev–Trinajstić information content (AvgIpc) is 2.66. The van der Waals surface area contributed by atoms with E-state index in [1.807, 2.05) is 54.6 Å². The van der Waals surface area contributed by atoms with Crippen molar-refractivity contribution in [3.63, 3.8) is 0 Å². The van der Waals surface area contributed by atoms with Gasteiger partial charge in [0, 0.05) is 13.6 Å². The van der Waals surface area contributed by atoms with Gasteiger partial charge in [-0.25, -0.2) is 4.79 Å². The largest absolute Gasteiger partial charge is 0.496 e. The van der Waals surface area contributed by atoms with Gasteiger partial charge in [-0.15, -0.1) is 0 Å². The Balaban J connectivity index is 2.06. The molecule has 1 atom stereocenters. The zero-order valence-corrected chi connectivity index (χ0v) is 14.4. The monoisotopic (exact) mass is 341 g/mol. The summed E-state index contributed by atoms with van der Waals surface area (Å²) in [5.41, 5.74) is 1.85. The van der Waals surface area contributed by atoms with Gasteiger partial charge in [0.2, 0.25) is 5.91 Å². The molecule has 6 nitrogen and oxygen atoms in total. The molecule has 3 N–H and O–H groups in total. The van der Waals surface area contributed by atoms with Gasteiger partial charge in [0.05, 0.1) is 7.11 Å². The molecular weight excluding hydrogens is 318 g/mol. The fourth-order valence-electron chi connectivity index (χ4n) is 2.51. The van der Waals surface area contributed by atoms with Crippen molar-refractivity contribution in [2.24, 2.45) is 0 Å². The molecule has 0 aromatic heterocycles. The summed E-state index contributed by atoms with van der Waals surface area (Å²) >= 11 is 0. The lowest BCUT2D eigenvalue weighted by atomic mass is 10.1. The van der Waals surface area contributed by atoms with E-state index < -0.39 is 18.0 Å². The third kappa shape index (κ3) is 5.32. The topological polar surface area (TPSA) is 79.5 Å². The molecule has 2 aromatic rings. The van der Waals surface area contributed by atoms with Crippen molar-refractivity contribution in [3.05, 3.63) is 65.7 Å². The van der Waals surface area contributed by atoms with Crippen LogP contribution in [0.4, 0.5) is 4.79 Å². The van der Waals surface area contributed by atoms with Crippen LogP contribution < -0.4 is 20.7 Å². The highest BCUT2D eigenvalue weighted by molar-refractivity contribution is 5.97. The van der Waals surface area contributed by atoms with Crippen LogP contribution in [0.1, 0.15) is 17.2 Å². The van der Waals surface area contributed by atoms with E-state index in [9.17, 15) is 9.59 Å². The summed E-state index contributed by atoms with van der Waals surface area (Å²) in [4.78, 5) is 23.9. The molecule has 132 valence electrons. The predicted molar refractivity (Wildman–Crippen MR) is 96.5 cm³/mol. The maximum absolute atomic E-state index is 12.4. The van der Waals surface area contributed by atoms with Crippen molar-refractivity contribution < 1.29 is 14.3 Å². The molecule has 2 rings (SSSR count). The van der Waals surface area contributed by atoms with Crippen LogP contribution in [0.3, 0.4) is 0 Å². The van der Waals surface area contributed by atoms with Crippen LogP contribution in [0.15, 0.2) is 54.6 Å². The highest BCUT2D eigenvalue weighted by Gasteiger charge is 2.21. The number of urea groups is 1. The second-order valence-electron chi connectivity index (χ2n) is 5.43. The summed E-state index contributed by atoms with van der Waals surface area (Å²) in [6.07, 6.45) is 0.695. The van der Waals surface area contributed by atoms with E-state index in [-0.39, 0.29) is 0 Å². The van der Waals surface area contributed by atoms with Gasteiger partial charge in [-0.1, -0.05) is 48.5 Å². The first-order chi connectivity index (χ1) is 12.2. The van der Waals surface area contributed by atoms with Crippen LogP contribution in [0.5, 0.6) is 5.75 Å².